The lowest BCUT2D eigenvalue weighted by molar-refractivity contribution is -0.881. The minimum absolute atomic E-state index is 0.102. The predicted octanol–water partition coefficient (Wildman–Crippen LogP) is 8.38. The van der Waals surface area contributed by atoms with Gasteiger partial charge in [0.05, 0.1) is 19.6 Å². The summed E-state index contributed by atoms with van der Waals surface area (Å²) in [6.45, 7) is 9.37. The van der Waals surface area contributed by atoms with E-state index in [1.165, 1.54) is 96.3 Å². The van der Waals surface area contributed by atoms with Gasteiger partial charge in [0, 0.05) is 0 Å². The Labute approximate surface area is 166 Å². The van der Waals surface area contributed by atoms with Crippen molar-refractivity contribution in [3.8, 4) is 0 Å². The van der Waals surface area contributed by atoms with Crippen LogP contribution in [0.25, 0.3) is 0 Å². The second-order valence-corrected chi connectivity index (χ2v) is 8.53. The summed E-state index contributed by atoms with van der Waals surface area (Å²) in [6.07, 6.45) is 23.3. The Hall–Kier alpha value is -0.0800. The molecule has 0 spiro atoms. The van der Waals surface area contributed by atoms with Gasteiger partial charge in [0.1, 0.15) is 0 Å². The van der Waals surface area contributed by atoms with E-state index in [1.807, 2.05) is 0 Å². The normalized spacial score (nSPS) is 12.0. The standard InChI is InChI=1S/C24H51NO/c1-4-7-10-13-14-15-16-17-18-21-24-25(26,22-19-11-8-5-2)23-20-12-9-6-3/h4-24H2,1-3H3. The summed E-state index contributed by atoms with van der Waals surface area (Å²) < 4.78 is 0.102. The number of hydroxylamine groups is 3. The van der Waals surface area contributed by atoms with Crippen molar-refractivity contribution >= 4 is 0 Å². The molecule has 0 aromatic rings. The smallest absolute Gasteiger partial charge is 0.0783 e. The molecule has 158 valence electrons. The molecular formula is C24H51NO. The van der Waals surface area contributed by atoms with Crippen LogP contribution in [0.15, 0.2) is 0 Å². The third kappa shape index (κ3) is 17.3. The van der Waals surface area contributed by atoms with Gasteiger partial charge in [0.2, 0.25) is 0 Å². The quantitative estimate of drug-likeness (QED) is 0.113. The Bertz CT molecular complexity index is 255. The molecule has 0 aromatic heterocycles. The maximum Gasteiger partial charge on any atom is 0.0783 e. The molecule has 0 fully saturated rings. The van der Waals surface area contributed by atoms with Crippen LogP contribution in [0.4, 0.5) is 0 Å². The van der Waals surface area contributed by atoms with Crippen molar-refractivity contribution in [2.45, 2.75) is 136 Å². The lowest BCUT2D eigenvalue weighted by Gasteiger charge is -2.43. The first kappa shape index (κ1) is 25.9. The SMILES string of the molecule is CCCCCCCCCCCC[N+]([O-])(CCCCCC)CCCCCC. The predicted molar refractivity (Wildman–Crippen MR) is 118 cm³/mol. The fraction of sp³-hybridized carbons (Fsp3) is 1.00. The van der Waals surface area contributed by atoms with E-state index in [9.17, 15) is 5.21 Å². The summed E-state index contributed by atoms with van der Waals surface area (Å²) in [5.74, 6) is 0. The number of hydrogen-bond donors (Lipinski definition) is 0. The summed E-state index contributed by atoms with van der Waals surface area (Å²) in [5.41, 5.74) is 0. The third-order valence-corrected chi connectivity index (χ3v) is 5.76. The maximum absolute atomic E-state index is 13.2. The summed E-state index contributed by atoms with van der Waals surface area (Å²) in [7, 11) is 0. The van der Waals surface area contributed by atoms with E-state index in [2.05, 4.69) is 20.8 Å². The molecule has 2 nitrogen and oxygen atoms in total. The molecular weight excluding hydrogens is 318 g/mol. The van der Waals surface area contributed by atoms with Crippen LogP contribution in [0.3, 0.4) is 0 Å². The molecule has 0 atom stereocenters. The highest BCUT2D eigenvalue weighted by atomic mass is 16.5. The van der Waals surface area contributed by atoms with Crippen LogP contribution in [-0.2, 0) is 0 Å². The van der Waals surface area contributed by atoms with Crippen molar-refractivity contribution in [2.75, 3.05) is 19.6 Å². The molecule has 0 amide bonds. The summed E-state index contributed by atoms with van der Waals surface area (Å²) in [6, 6.07) is 0. The highest BCUT2D eigenvalue weighted by Crippen LogP contribution is 2.16. The van der Waals surface area contributed by atoms with Gasteiger partial charge in [-0.05, 0) is 38.5 Å². The lowest BCUT2D eigenvalue weighted by Crippen LogP contribution is -2.44. The largest absolute Gasteiger partial charge is 0.633 e. The van der Waals surface area contributed by atoms with E-state index >= 15 is 0 Å². The van der Waals surface area contributed by atoms with Gasteiger partial charge in [0.15, 0.2) is 0 Å². The van der Waals surface area contributed by atoms with E-state index in [4.69, 9.17) is 0 Å². The molecule has 0 heterocycles. The average Bonchev–Trinajstić information content (AvgIpc) is 2.64. The molecule has 0 aromatic carbocycles. The summed E-state index contributed by atoms with van der Waals surface area (Å²) in [4.78, 5) is 0. The highest BCUT2D eigenvalue weighted by molar-refractivity contribution is 4.52. The van der Waals surface area contributed by atoms with E-state index in [0.29, 0.717) is 0 Å². The molecule has 0 unspecified atom stereocenters. The van der Waals surface area contributed by atoms with Gasteiger partial charge in [-0.3, -0.25) is 0 Å². The number of nitrogens with zero attached hydrogens (tertiary/aromatic N) is 1. The maximum atomic E-state index is 13.2. The first-order valence-electron chi connectivity index (χ1n) is 12.3. The minimum atomic E-state index is 0.102. The zero-order chi connectivity index (χ0) is 19.3. The van der Waals surface area contributed by atoms with E-state index in [1.54, 1.807) is 0 Å². The minimum Gasteiger partial charge on any atom is -0.633 e. The number of quaternary nitrogens is 1. The topological polar surface area (TPSA) is 23.1 Å². The van der Waals surface area contributed by atoms with Crippen LogP contribution in [-0.4, -0.2) is 24.3 Å². The fourth-order valence-corrected chi connectivity index (χ4v) is 3.88. The summed E-state index contributed by atoms with van der Waals surface area (Å²) in [5, 5.41) is 13.2. The zero-order valence-electron chi connectivity index (χ0n) is 18.7. The molecule has 0 saturated carbocycles. The number of hydrogen-bond acceptors (Lipinski definition) is 1. The van der Waals surface area contributed by atoms with Crippen LogP contribution in [0, 0.1) is 5.21 Å². The lowest BCUT2D eigenvalue weighted by atomic mass is 10.1. The Morgan fingerprint density at radius 1 is 0.385 bits per heavy atom. The van der Waals surface area contributed by atoms with Crippen LogP contribution in [0.5, 0.6) is 0 Å². The molecule has 0 aliphatic carbocycles. The van der Waals surface area contributed by atoms with Gasteiger partial charge in [-0.2, -0.15) is 0 Å². The van der Waals surface area contributed by atoms with Crippen LogP contribution in [0.1, 0.15) is 136 Å². The highest BCUT2D eigenvalue weighted by Gasteiger charge is 2.15. The monoisotopic (exact) mass is 369 g/mol. The number of unbranched alkanes of at least 4 members (excludes halogenated alkanes) is 15. The molecule has 0 aliphatic heterocycles. The van der Waals surface area contributed by atoms with Crippen LogP contribution >= 0.6 is 0 Å². The van der Waals surface area contributed by atoms with Gasteiger partial charge in [-0.15, -0.1) is 0 Å². The molecule has 0 saturated heterocycles. The van der Waals surface area contributed by atoms with Gasteiger partial charge in [0.25, 0.3) is 0 Å². The first-order chi connectivity index (χ1) is 12.7. The fourth-order valence-electron chi connectivity index (χ4n) is 3.88. The van der Waals surface area contributed by atoms with E-state index < -0.39 is 0 Å². The second kappa shape index (κ2) is 19.7. The van der Waals surface area contributed by atoms with Gasteiger partial charge in [-0.25, -0.2) is 0 Å². The third-order valence-electron chi connectivity index (χ3n) is 5.76. The van der Waals surface area contributed by atoms with E-state index in [-0.39, 0.29) is 4.65 Å². The molecule has 0 rings (SSSR count). The van der Waals surface area contributed by atoms with Gasteiger partial charge >= 0.3 is 0 Å². The van der Waals surface area contributed by atoms with Crippen molar-refractivity contribution in [3.63, 3.8) is 0 Å². The van der Waals surface area contributed by atoms with Crippen molar-refractivity contribution in [1.82, 2.24) is 0 Å². The first-order valence-corrected chi connectivity index (χ1v) is 12.3. The van der Waals surface area contributed by atoms with Gasteiger partial charge < -0.3 is 9.85 Å². The Morgan fingerprint density at radius 2 is 0.615 bits per heavy atom. The van der Waals surface area contributed by atoms with Crippen LogP contribution in [0.2, 0.25) is 0 Å². The van der Waals surface area contributed by atoms with Crippen molar-refractivity contribution in [3.05, 3.63) is 5.21 Å². The Morgan fingerprint density at radius 3 is 0.923 bits per heavy atom. The van der Waals surface area contributed by atoms with Crippen molar-refractivity contribution < 1.29 is 4.65 Å². The zero-order valence-corrected chi connectivity index (χ0v) is 18.7. The van der Waals surface area contributed by atoms with Gasteiger partial charge in [-0.1, -0.05) is 97.8 Å². The van der Waals surface area contributed by atoms with Crippen molar-refractivity contribution in [1.29, 1.82) is 0 Å². The Balaban J connectivity index is 3.83. The average molecular weight is 370 g/mol. The van der Waals surface area contributed by atoms with Crippen LogP contribution < -0.4 is 0 Å². The molecule has 0 bridgehead atoms. The number of rotatable bonds is 21. The van der Waals surface area contributed by atoms with Crippen molar-refractivity contribution in [2.24, 2.45) is 0 Å². The second-order valence-electron chi connectivity index (χ2n) is 8.53. The Kier molecular flexibility index (Phi) is 19.6. The van der Waals surface area contributed by atoms with E-state index in [0.717, 1.165) is 38.9 Å². The molecule has 0 N–H and O–H groups in total. The molecule has 0 aliphatic rings. The molecule has 2 heteroatoms. The summed E-state index contributed by atoms with van der Waals surface area (Å²) >= 11 is 0. The molecule has 26 heavy (non-hydrogen) atoms. The molecule has 0 radical (unpaired) electrons.